The predicted molar refractivity (Wildman–Crippen MR) is 56.0 cm³/mol. The molecule has 0 aliphatic carbocycles. The highest BCUT2D eigenvalue weighted by atomic mass is 19.1. The first-order valence-electron chi connectivity index (χ1n) is 4.76. The van der Waals surface area contributed by atoms with E-state index in [4.69, 9.17) is 0 Å². The Kier molecular flexibility index (Phi) is 2.72. The molecule has 0 aromatic carbocycles. The zero-order chi connectivity index (χ0) is 10.7. The van der Waals surface area contributed by atoms with Gasteiger partial charge in [0.2, 0.25) is 5.95 Å². The summed E-state index contributed by atoms with van der Waals surface area (Å²) in [4.78, 5) is 7.84. The summed E-state index contributed by atoms with van der Waals surface area (Å²) in [5.74, 6) is -0.448. The van der Waals surface area contributed by atoms with Crippen LogP contribution in [-0.4, -0.2) is 9.97 Å². The van der Waals surface area contributed by atoms with Gasteiger partial charge in [-0.25, -0.2) is 4.98 Å². The molecule has 0 atom stereocenters. The Hall–Kier alpha value is -1.77. The smallest absolute Gasteiger partial charge is 0.212 e. The molecular formula is C12H11FN2. The van der Waals surface area contributed by atoms with E-state index >= 15 is 0 Å². The lowest BCUT2D eigenvalue weighted by Gasteiger charge is -2.01. The van der Waals surface area contributed by atoms with Crippen molar-refractivity contribution in [2.24, 2.45) is 0 Å². The van der Waals surface area contributed by atoms with Crippen molar-refractivity contribution in [3.63, 3.8) is 0 Å². The molecule has 0 saturated carbocycles. The van der Waals surface area contributed by atoms with E-state index in [0.717, 1.165) is 11.3 Å². The summed E-state index contributed by atoms with van der Waals surface area (Å²) >= 11 is 0. The molecule has 0 aliphatic rings. The molecule has 2 aromatic heterocycles. The van der Waals surface area contributed by atoms with Gasteiger partial charge < -0.3 is 0 Å². The number of pyridine rings is 2. The summed E-state index contributed by atoms with van der Waals surface area (Å²) in [6, 6.07) is 7.06. The molecule has 2 rings (SSSR count). The highest BCUT2D eigenvalue weighted by Crippen LogP contribution is 2.07. The van der Waals surface area contributed by atoms with Gasteiger partial charge in [0.25, 0.3) is 0 Å². The van der Waals surface area contributed by atoms with E-state index in [1.54, 1.807) is 18.5 Å². The van der Waals surface area contributed by atoms with Crippen molar-refractivity contribution < 1.29 is 4.39 Å². The molecule has 0 radical (unpaired) electrons. The van der Waals surface area contributed by atoms with Crippen LogP contribution >= 0.6 is 0 Å². The van der Waals surface area contributed by atoms with Gasteiger partial charge in [0.15, 0.2) is 0 Å². The van der Waals surface area contributed by atoms with Crippen LogP contribution in [-0.2, 0) is 6.42 Å². The van der Waals surface area contributed by atoms with Crippen LogP contribution in [0.15, 0.2) is 36.7 Å². The maximum absolute atomic E-state index is 12.6. The quantitative estimate of drug-likeness (QED) is 0.699. The standard InChI is InChI=1S/C12H11FN2/c1-9-4-5-14-11(6-9)7-10-2-3-12(13)15-8-10/h2-6,8H,7H2,1H3. The van der Waals surface area contributed by atoms with Gasteiger partial charge in [0.05, 0.1) is 0 Å². The van der Waals surface area contributed by atoms with Gasteiger partial charge >= 0.3 is 0 Å². The lowest BCUT2D eigenvalue weighted by Crippen LogP contribution is -1.94. The van der Waals surface area contributed by atoms with Crippen LogP contribution in [0.4, 0.5) is 4.39 Å². The Balaban J connectivity index is 2.18. The second-order valence-electron chi connectivity index (χ2n) is 3.49. The fourth-order valence-electron chi connectivity index (χ4n) is 1.42. The predicted octanol–water partition coefficient (Wildman–Crippen LogP) is 2.51. The third-order valence-electron chi connectivity index (χ3n) is 2.15. The third kappa shape index (κ3) is 2.59. The maximum Gasteiger partial charge on any atom is 0.212 e. The van der Waals surface area contributed by atoms with Crippen LogP contribution in [0.3, 0.4) is 0 Å². The van der Waals surface area contributed by atoms with Crippen LogP contribution < -0.4 is 0 Å². The number of hydrogen-bond donors (Lipinski definition) is 0. The van der Waals surface area contributed by atoms with E-state index in [1.165, 1.54) is 11.6 Å². The average molecular weight is 202 g/mol. The van der Waals surface area contributed by atoms with Crippen LogP contribution in [0.5, 0.6) is 0 Å². The Bertz CT molecular complexity index is 451. The van der Waals surface area contributed by atoms with Crippen molar-refractivity contribution in [3.05, 3.63) is 59.4 Å². The molecule has 0 unspecified atom stereocenters. The molecule has 0 fully saturated rings. The third-order valence-corrected chi connectivity index (χ3v) is 2.15. The molecule has 0 bridgehead atoms. The van der Waals surface area contributed by atoms with Crippen molar-refractivity contribution in [2.75, 3.05) is 0 Å². The minimum atomic E-state index is -0.448. The van der Waals surface area contributed by atoms with Crippen molar-refractivity contribution in [1.29, 1.82) is 0 Å². The Morgan fingerprint density at radius 3 is 2.73 bits per heavy atom. The van der Waals surface area contributed by atoms with E-state index in [2.05, 4.69) is 9.97 Å². The first-order chi connectivity index (χ1) is 7.24. The van der Waals surface area contributed by atoms with Gasteiger partial charge in [-0.05, 0) is 36.2 Å². The van der Waals surface area contributed by atoms with E-state index in [0.29, 0.717) is 6.42 Å². The molecule has 2 aromatic rings. The Morgan fingerprint density at radius 2 is 2.07 bits per heavy atom. The topological polar surface area (TPSA) is 25.8 Å². The number of halogens is 1. The molecule has 0 spiro atoms. The first-order valence-corrected chi connectivity index (χ1v) is 4.76. The van der Waals surface area contributed by atoms with Crippen molar-refractivity contribution in [3.8, 4) is 0 Å². The second kappa shape index (κ2) is 4.17. The Labute approximate surface area is 87.8 Å². The van der Waals surface area contributed by atoms with E-state index in [1.807, 2.05) is 19.1 Å². The summed E-state index contributed by atoms with van der Waals surface area (Å²) in [7, 11) is 0. The molecule has 0 aliphatic heterocycles. The fraction of sp³-hybridized carbons (Fsp3) is 0.167. The molecule has 0 saturated heterocycles. The summed E-state index contributed by atoms with van der Waals surface area (Å²) in [6.07, 6.45) is 4.01. The van der Waals surface area contributed by atoms with Gasteiger partial charge in [-0.1, -0.05) is 6.07 Å². The zero-order valence-electron chi connectivity index (χ0n) is 8.44. The lowest BCUT2D eigenvalue weighted by atomic mass is 10.1. The van der Waals surface area contributed by atoms with Crippen LogP contribution in [0.2, 0.25) is 0 Å². The van der Waals surface area contributed by atoms with Crippen LogP contribution in [0, 0.1) is 12.9 Å². The zero-order valence-corrected chi connectivity index (χ0v) is 8.44. The minimum absolute atomic E-state index is 0.448. The van der Waals surface area contributed by atoms with Gasteiger partial charge in [-0.3, -0.25) is 4.98 Å². The average Bonchev–Trinajstić information content (AvgIpc) is 2.22. The van der Waals surface area contributed by atoms with Gasteiger partial charge in [-0.15, -0.1) is 0 Å². The van der Waals surface area contributed by atoms with Crippen molar-refractivity contribution >= 4 is 0 Å². The molecule has 76 valence electrons. The molecule has 15 heavy (non-hydrogen) atoms. The largest absolute Gasteiger partial charge is 0.261 e. The van der Waals surface area contributed by atoms with Gasteiger partial charge in [0.1, 0.15) is 0 Å². The maximum atomic E-state index is 12.6. The molecule has 2 heterocycles. The molecular weight excluding hydrogens is 191 g/mol. The highest BCUT2D eigenvalue weighted by Gasteiger charge is 1.99. The van der Waals surface area contributed by atoms with E-state index in [-0.39, 0.29) is 0 Å². The molecule has 0 N–H and O–H groups in total. The van der Waals surface area contributed by atoms with Crippen LogP contribution in [0.1, 0.15) is 16.8 Å². The highest BCUT2D eigenvalue weighted by molar-refractivity contribution is 5.21. The van der Waals surface area contributed by atoms with Crippen molar-refractivity contribution in [1.82, 2.24) is 9.97 Å². The number of nitrogens with zero attached hydrogens (tertiary/aromatic N) is 2. The van der Waals surface area contributed by atoms with E-state index in [9.17, 15) is 4.39 Å². The summed E-state index contributed by atoms with van der Waals surface area (Å²) in [5, 5.41) is 0. The number of aryl methyl sites for hydroxylation is 1. The first kappa shape index (κ1) is 9.77. The molecule has 0 amide bonds. The number of rotatable bonds is 2. The van der Waals surface area contributed by atoms with Crippen molar-refractivity contribution in [2.45, 2.75) is 13.3 Å². The molecule has 2 nitrogen and oxygen atoms in total. The molecule has 3 heteroatoms. The Morgan fingerprint density at radius 1 is 1.20 bits per heavy atom. The number of hydrogen-bond acceptors (Lipinski definition) is 2. The fourth-order valence-corrected chi connectivity index (χ4v) is 1.42. The normalized spacial score (nSPS) is 10.3. The summed E-state index contributed by atoms with van der Waals surface area (Å²) in [6.45, 7) is 2.02. The van der Waals surface area contributed by atoms with Crippen LogP contribution in [0.25, 0.3) is 0 Å². The SMILES string of the molecule is Cc1ccnc(Cc2ccc(F)nc2)c1. The monoisotopic (exact) mass is 202 g/mol. The summed E-state index contributed by atoms with van der Waals surface area (Å²) < 4.78 is 12.6. The minimum Gasteiger partial charge on any atom is -0.261 e. The lowest BCUT2D eigenvalue weighted by molar-refractivity contribution is 0.582. The summed E-state index contributed by atoms with van der Waals surface area (Å²) in [5.41, 5.74) is 3.12. The van der Waals surface area contributed by atoms with Gasteiger partial charge in [0, 0.05) is 24.5 Å². The number of aromatic nitrogens is 2. The van der Waals surface area contributed by atoms with Gasteiger partial charge in [-0.2, -0.15) is 4.39 Å². The van der Waals surface area contributed by atoms with E-state index < -0.39 is 5.95 Å². The second-order valence-corrected chi connectivity index (χ2v) is 3.49.